The first kappa shape index (κ1) is 14.7. The summed E-state index contributed by atoms with van der Waals surface area (Å²) in [6, 6.07) is 13.2. The Bertz CT molecular complexity index is 882. The van der Waals surface area contributed by atoms with Crippen molar-refractivity contribution in [3.8, 4) is 16.9 Å². The van der Waals surface area contributed by atoms with Crippen LogP contribution in [-0.4, -0.2) is 36.6 Å². The SMILES string of the molecule is COc1ccc2c3cn(c2c1)Sc1cc(CCN(C)C)ccc1-3. The zero-order valence-corrected chi connectivity index (χ0v) is 14.5. The van der Waals surface area contributed by atoms with Gasteiger partial charge < -0.3 is 9.64 Å². The van der Waals surface area contributed by atoms with Crippen molar-refractivity contribution < 1.29 is 4.74 Å². The minimum Gasteiger partial charge on any atom is -0.497 e. The van der Waals surface area contributed by atoms with Crippen molar-refractivity contribution in [1.29, 1.82) is 0 Å². The Hall–Kier alpha value is -1.91. The molecule has 0 amide bonds. The molecule has 0 fully saturated rings. The lowest BCUT2D eigenvalue weighted by Crippen LogP contribution is -2.15. The third-order valence-electron chi connectivity index (χ3n) is 4.36. The van der Waals surface area contributed by atoms with Crippen LogP contribution in [0.4, 0.5) is 0 Å². The van der Waals surface area contributed by atoms with Gasteiger partial charge in [-0.25, -0.2) is 0 Å². The summed E-state index contributed by atoms with van der Waals surface area (Å²) in [4.78, 5) is 3.57. The van der Waals surface area contributed by atoms with Crippen LogP contribution in [0.2, 0.25) is 0 Å². The molecule has 1 aliphatic heterocycles. The van der Waals surface area contributed by atoms with Crippen molar-refractivity contribution in [2.24, 2.45) is 0 Å². The number of hydrogen-bond acceptors (Lipinski definition) is 3. The van der Waals surface area contributed by atoms with Crippen molar-refractivity contribution in [2.75, 3.05) is 27.7 Å². The highest BCUT2D eigenvalue weighted by molar-refractivity contribution is 7.98. The summed E-state index contributed by atoms with van der Waals surface area (Å²) in [5.41, 5.74) is 5.27. The second kappa shape index (κ2) is 5.62. The topological polar surface area (TPSA) is 17.4 Å². The Kier molecular flexibility index (Phi) is 3.58. The van der Waals surface area contributed by atoms with Gasteiger partial charge in [0.05, 0.1) is 12.6 Å². The van der Waals surface area contributed by atoms with Gasteiger partial charge in [0.15, 0.2) is 0 Å². The minimum absolute atomic E-state index is 0.904. The van der Waals surface area contributed by atoms with Crippen molar-refractivity contribution in [3.63, 3.8) is 0 Å². The van der Waals surface area contributed by atoms with Gasteiger partial charge in [0, 0.05) is 34.7 Å². The fourth-order valence-corrected chi connectivity index (χ4v) is 4.17. The zero-order valence-electron chi connectivity index (χ0n) is 13.7. The molecule has 3 aromatic rings. The van der Waals surface area contributed by atoms with Gasteiger partial charge in [-0.05, 0) is 61.8 Å². The molecule has 4 heteroatoms. The van der Waals surface area contributed by atoms with E-state index < -0.39 is 0 Å². The van der Waals surface area contributed by atoms with Gasteiger partial charge in [-0.3, -0.25) is 3.97 Å². The molecule has 2 bridgehead atoms. The summed E-state index contributed by atoms with van der Waals surface area (Å²) in [5.74, 6) is 0.904. The Labute approximate surface area is 141 Å². The molecular formula is C19H20N2OS. The number of aromatic nitrogens is 1. The maximum absolute atomic E-state index is 5.37. The molecule has 0 saturated heterocycles. The molecular weight excluding hydrogens is 304 g/mol. The monoisotopic (exact) mass is 324 g/mol. The van der Waals surface area contributed by atoms with Gasteiger partial charge in [0.1, 0.15) is 5.75 Å². The molecule has 0 radical (unpaired) electrons. The lowest BCUT2D eigenvalue weighted by atomic mass is 10.0. The van der Waals surface area contributed by atoms with Crippen LogP contribution in [0, 0.1) is 0 Å². The van der Waals surface area contributed by atoms with Crippen molar-refractivity contribution in [3.05, 3.63) is 48.2 Å². The summed E-state index contributed by atoms with van der Waals surface area (Å²) in [6.07, 6.45) is 3.32. The molecule has 2 aromatic carbocycles. The largest absolute Gasteiger partial charge is 0.497 e. The average molecular weight is 324 g/mol. The van der Waals surface area contributed by atoms with Crippen LogP contribution in [0.3, 0.4) is 0 Å². The maximum Gasteiger partial charge on any atom is 0.121 e. The van der Waals surface area contributed by atoms with Gasteiger partial charge in [-0.1, -0.05) is 12.1 Å². The van der Waals surface area contributed by atoms with Crippen molar-refractivity contribution in [1.82, 2.24) is 8.87 Å². The predicted octanol–water partition coefficient (Wildman–Crippen LogP) is 4.29. The van der Waals surface area contributed by atoms with E-state index >= 15 is 0 Å². The van der Waals surface area contributed by atoms with Crippen LogP contribution in [0.15, 0.2) is 47.5 Å². The summed E-state index contributed by atoms with van der Waals surface area (Å²) in [5, 5.41) is 1.29. The van der Waals surface area contributed by atoms with E-state index in [4.69, 9.17) is 4.74 Å². The molecule has 0 aliphatic carbocycles. The van der Waals surface area contributed by atoms with Crippen LogP contribution in [-0.2, 0) is 6.42 Å². The van der Waals surface area contributed by atoms with E-state index in [1.807, 2.05) is 6.07 Å². The molecule has 1 aromatic heterocycles. The van der Waals surface area contributed by atoms with Crippen LogP contribution in [0.25, 0.3) is 22.0 Å². The smallest absolute Gasteiger partial charge is 0.121 e. The van der Waals surface area contributed by atoms with Gasteiger partial charge in [-0.15, -0.1) is 0 Å². The van der Waals surface area contributed by atoms with Gasteiger partial charge in [-0.2, -0.15) is 0 Å². The Morgan fingerprint density at radius 3 is 2.74 bits per heavy atom. The molecule has 1 aliphatic rings. The normalized spacial score (nSPS) is 12.7. The number of rotatable bonds is 4. The average Bonchev–Trinajstić information content (AvgIpc) is 2.86. The first-order valence-electron chi connectivity index (χ1n) is 7.81. The number of likely N-dealkylation sites (N-methyl/N-ethyl adjacent to an activating group) is 1. The highest BCUT2D eigenvalue weighted by atomic mass is 32.2. The molecule has 23 heavy (non-hydrogen) atoms. The van der Waals surface area contributed by atoms with Crippen molar-refractivity contribution in [2.45, 2.75) is 11.3 Å². The van der Waals surface area contributed by atoms with Gasteiger partial charge >= 0.3 is 0 Å². The Balaban J connectivity index is 1.76. The second-order valence-corrected chi connectivity index (χ2v) is 7.24. The summed E-state index contributed by atoms with van der Waals surface area (Å²) >= 11 is 1.80. The van der Waals surface area contributed by atoms with E-state index in [-0.39, 0.29) is 0 Å². The zero-order chi connectivity index (χ0) is 16.0. The number of hydrogen-bond donors (Lipinski definition) is 0. The molecule has 0 N–H and O–H groups in total. The first-order chi connectivity index (χ1) is 11.2. The number of methoxy groups -OCH3 is 1. The van der Waals surface area contributed by atoms with E-state index in [0.29, 0.717) is 0 Å². The molecule has 0 unspecified atom stereocenters. The lowest BCUT2D eigenvalue weighted by Gasteiger charge is -2.15. The molecule has 2 heterocycles. The van der Waals surface area contributed by atoms with E-state index in [9.17, 15) is 0 Å². The van der Waals surface area contributed by atoms with E-state index in [1.165, 1.54) is 32.5 Å². The highest BCUT2D eigenvalue weighted by Crippen LogP contribution is 2.45. The maximum atomic E-state index is 5.37. The van der Waals surface area contributed by atoms with Crippen LogP contribution >= 0.6 is 11.9 Å². The number of benzene rings is 2. The molecule has 118 valence electrons. The van der Waals surface area contributed by atoms with Crippen LogP contribution < -0.4 is 4.74 Å². The summed E-state index contributed by atoms with van der Waals surface area (Å²) in [6.45, 7) is 1.08. The fraction of sp³-hybridized carbons (Fsp3) is 0.263. The van der Waals surface area contributed by atoms with E-state index in [0.717, 1.165) is 18.7 Å². The number of nitrogens with zero attached hydrogens (tertiary/aromatic N) is 2. The van der Waals surface area contributed by atoms with E-state index in [2.05, 4.69) is 59.5 Å². The fourth-order valence-electron chi connectivity index (χ4n) is 3.07. The Morgan fingerprint density at radius 1 is 1.09 bits per heavy atom. The third-order valence-corrected chi connectivity index (χ3v) is 5.39. The minimum atomic E-state index is 0.904. The first-order valence-corrected chi connectivity index (χ1v) is 8.58. The van der Waals surface area contributed by atoms with Crippen LogP contribution in [0.1, 0.15) is 5.56 Å². The summed E-state index contributed by atoms with van der Waals surface area (Å²) in [7, 11) is 5.95. The van der Waals surface area contributed by atoms with Crippen molar-refractivity contribution >= 4 is 22.9 Å². The Morgan fingerprint density at radius 2 is 1.96 bits per heavy atom. The highest BCUT2D eigenvalue weighted by Gasteiger charge is 2.20. The molecule has 0 atom stereocenters. The quantitative estimate of drug-likeness (QED) is 0.557. The predicted molar refractivity (Wildman–Crippen MR) is 97.4 cm³/mol. The second-order valence-electron chi connectivity index (χ2n) is 6.23. The molecule has 0 saturated carbocycles. The summed E-state index contributed by atoms with van der Waals surface area (Å²) < 4.78 is 7.63. The molecule has 4 rings (SSSR count). The van der Waals surface area contributed by atoms with Gasteiger partial charge in [0.2, 0.25) is 0 Å². The standard InChI is InChI=1S/C19H20N2OS/c1-20(2)9-8-13-4-6-16-17-12-21(23-19(16)10-13)18-11-14(22-3)5-7-15(17)18/h4-7,10-12H,8-9H2,1-3H3. The third kappa shape index (κ3) is 2.52. The number of fused-ring (bicyclic) bond motifs is 7. The number of ether oxygens (including phenoxy) is 1. The van der Waals surface area contributed by atoms with Crippen LogP contribution in [0.5, 0.6) is 5.75 Å². The molecule has 0 spiro atoms. The van der Waals surface area contributed by atoms with E-state index in [1.54, 1.807) is 19.1 Å². The molecule has 3 nitrogen and oxygen atoms in total. The lowest BCUT2D eigenvalue weighted by molar-refractivity contribution is 0.413. The van der Waals surface area contributed by atoms with Gasteiger partial charge in [0.25, 0.3) is 0 Å².